The topological polar surface area (TPSA) is 43.7 Å². The lowest BCUT2D eigenvalue weighted by Gasteiger charge is -2.17. The highest BCUT2D eigenvalue weighted by Crippen LogP contribution is 2.11. The lowest BCUT2D eigenvalue weighted by atomic mass is 10.3. The maximum absolute atomic E-state index is 12.5. The van der Waals surface area contributed by atoms with E-state index in [1.807, 2.05) is 4.90 Å². The standard InChI is InChI=1S/C7H14FNO2/c8-6-1-2-9(3-6)4-7(11)5-10/h6-7,10-11H,1-5H2/t6?,7-/m0/s1. The largest absolute Gasteiger partial charge is 0.394 e. The molecular weight excluding hydrogens is 149 g/mol. The van der Waals surface area contributed by atoms with Crippen molar-refractivity contribution in [3.8, 4) is 0 Å². The van der Waals surface area contributed by atoms with Gasteiger partial charge in [0.2, 0.25) is 0 Å². The summed E-state index contributed by atoms with van der Waals surface area (Å²) in [6.07, 6.45) is -0.917. The predicted molar refractivity (Wildman–Crippen MR) is 39.0 cm³/mol. The lowest BCUT2D eigenvalue weighted by Crippen LogP contribution is -2.32. The van der Waals surface area contributed by atoms with Gasteiger partial charge in [0.15, 0.2) is 0 Å². The Morgan fingerprint density at radius 3 is 2.82 bits per heavy atom. The third-order valence-corrected chi connectivity index (χ3v) is 1.89. The highest BCUT2D eigenvalue weighted by molar-refractivity contribution is 4.76. The summed E-state index contributed by atoms with van der Waals surface area (Å²) in [5.74, 6) is 0. The van der Waals surface area contributed by atoms with Crippen LogP contribution in [0.2, 0.25) is 0 Å². The Morgan fingerprint density at radius 1 is 1.64 bits per heavy atom. The van der Waals surface area contributed by atoms with Crippen LogP contribution in [0, 0.1) is 0 Å². The average Bonchev–Trinajstić information content (AvgIpc) is 2.35. The van der Waals surface area contributed by atoms with E-state index in [2.05, 4.69) is 0 Å². The molecule has 1 aliphatic rings. The fraction of sp³-hybridized carbons (Fsp3) is 1.00. The normalized spacial score (nSPS) is 29.2. The summed E-state index contributed by atoms with van der Waals surface area (Å²) in [5.41, 5.74) is 0. The fourth-order valence-corrected chi connectivity index (χ4v) is 1.31. The minimum absolute atomic E-state index is 0.243. The van der Waals surface area contributed by atoms with E-state index < -0.39 is 12.3 Å². The van der Waals surface area contributed by atoms with Gasteiger partial charge in [-0.2, -0.15) is 0 Å². The average molecular weight is 163 g/mol. The van der Waals surface area contributed by atoms with Crippen LogP contribution < -0.4 is 0 Å². The van der Waals surface area contributed by atoms with Crippen LogP contribution in [-0.4, -0.2) is 53.6 Å². The van der Waals surface area contributed by atoms with Gasteiger partial charge < -0.3 is 10.2 Å². The number of halogens is 1. The molecule has 1 unspecified atom stereocenters. The number of likely N-dealkylation sites (tertiary alicyclic amines) is 1. The van der Waals surface area contributed by atoms with Gasteiger partial charge in [0, 0.05) is 19.6 Å². The van der Waals surface area contributed by atoms with Gasteiger partial charge in [-0.3, -0.25) is 4.90 Å². The van der Waals surface area contributed by atoms with Crippen molar-refractivity contribution in [1.82, 2.24) is 4.90 Å². The van der Waals surface area contributed by atoms with Crippen molar-refractivity contribution in [2.45, 2.75) is 18.7 Å². The number of nitrogens with zero attached hydrogens (tertiary/aromatic N) is 1. The van der Waals surface area contributed by atoms with Crippen LogP contribution in [0.5, 0.6) is 0 Å². The number of hydrogen-bond donors (Lipinski definition) is 2. The molecule has 1 heterocycles. The molecule has 4 heteroatoms. The molecule has 0 aromatic rings. The molecule has 1 saturated heterocycles. The summed E-state index contributed by atoms with van der Waals surface area (Å²) in [4.78, 5) is 1.82. The van der Waals surface area contributed by atoms with E-state index in [-0.39, 0.29) is 6.61 Å². The first kappa shape index (κ1) is 8.90. The van der Waals surface area contributed by atoms with Gasteiger partial charge in [-0.1, -0.05) is 0 Å². The van der Waals surface area contributed by atoms with Crippen LogP contribution in [-0.2, 0) is 0 Å². The Labute approximate surface area is 65.4 Å². The highest BCUT2D eigenvalue weighted by atomic mass is 19.1. The highest BCUT2D eigenvalue weighted by Gasteiger charge is 2.22. The second kappa shape index (κ2) is 3.99. The zero-order valence-corrected chi connectivity index (χ0v) is 6.41. The van der Waals surface area contributed by atoms with E-state index in [0.29, 0.717) is 26.1 Å². The molecule has 1 fully saturated rings. The molecule has 0 radical (unpaired) electrons. The number of hydrogen-bond acceptors (Lipinski definition) is 3. The van der Waals surface area contributed by atoms with E-state index in [1.165, 1.54) is 0 Å². The number of aliphatic hydroxyl groups excluding tert-OH is 2. The molecule has 0 saturated carbocycles. The predicted octanol–water partition coefficient (Wildman–Crippen LogP) is -0.617. The summed E-state index contributed by atoms with van der Waals surface area (Å²) in [7, 11) is 0. The van der Waals surface area contributed by atoms with Gasteiger partial charge in [0.1, 0.15) is 6.17 Å². The van der Waals surface area contributed by atoms with Gasteiger partial charge in [-0.15, -0.1) is 0 Å². The smallest absolute Gasteiger partial charge is 0.114 e. The number of alkyl halides is 1. The second-order valence-corrected chi connectivity index (χ2v) is 2.98. The number of rotatable bonds is 3. The summed E-state index contributed by atoms with van der Waals surface area (Å²) >= 11 is 0. The maximum atomic E-state index is 12.5. The van der Waals surface area contributed by atoms with Gasteiger partial charge >= 0.3 is 0 Å². The molecule has 2 N–H and O–H groups in total. The van der Waals surface area contributed by atoms with Gasteiger partial charge in [-0.25, -0.2) is 4.39 Å². The molecule has 0 bridgehead atoms. The molecule has 1 rings (SSSR count). The molecule has 1 aliphatic heterocycles. The Hall–Kier alpha value is -0.190. The van der Waals surface area contributed by atoms with E-state index in [0.717, 1.165) is 0 Å². The molecule has 0 spiro atoms. The van der Waals surface area contributed by atoms with Gasteiger partial charge in [0.25, 0.3) is 0 Å². The van der Waals surface area contributed by atoms with E-state index in [9.17, 15) is 4.39 Å². The number of aliphatic hydroxyl groups is 2. The number of β-amino-alcohol motifs (C(OH)–C–C–N with tert-alkyl or cyclic N) is 1. The summed E-state index contributed by atoms with van der Waals surface area (Å²) in [6.45, 7) is 1.24. The Balaban J connectivity index is 2.17. The minimum Gasteiger partial charge on any atom is -0.394 e. The second-order valence-electron chi connectivity index (χ2n) is 2.98. The molecule has 3 nitrogen and oxygen atoms in total. The van der Waals surface area contributed by atoms with E-state index in [4.69, 9.17) is 10.2 Å². The lowest BCUT2D eigenvalue weighted by molar-refractivity contribution is 0.0644. The van der Waals surface area contributed by atoms with E-state index >= 15 is 0 Å². The summed E-state index contributed by atoms with van der Waals surface area (Å²) < 4.78 is 12.5. The summed E-state index contributed by atoms with van der Waals surface area (Å²) in [6, 6.07) is 0. The monoisotopic (exact) mass is 163 g/mol. The zero-order chi connectivity index (χ0) is 8.27. The first-order valence-electron chi connectivity index (χ1n) is 3.87. The first-order chi connectivity index (χ1) is 5.22. The fourth-order valence-electron chi connectivity index (χ4n) is 1.31. The maximum Gasteiger partial charge on any atom is 0.114 e. The molecule has 0 aliphatic carbocycles. The van der Waals surface area contributed by atoms with Crippen molar-refractivity contribution >= 4 is 0 Å². The minimum atomic E-state index is -0.749. The summed E-state index contributed by atoms with van der Waals surface area (Å²) in [5, 5.41) is 17.5. The van der Waals surface area contributed by atoms with Gasteiger partial charge in [0.05, 0.1) is 12.7 Å². The van der Waals surface area contributed by atoms with Crippen molar-refractivity contribution in [3.05, 3.63) is 0 Å². The Bertz CT molecular complexity index is 123. The Morgan fingerprint density at radius 2 is 2.36 bits per heavy atom. The van der Waals surface area contributed by atoms with Crippen LogP contribution in [0.15, 0.2) is 0 Å². The van der Waals surface area contributed by atoms with Crippen molar-refractivity contribution in [2.24, 2.45) is 0 Å². The molecule has 0 aromatic carbocycles. The van der Waals surface area contributed by atoms with Crippen molar-refractivity contribution in [1.29, 1.82) is 0 Å². The van der Waals surface area contributed by atoms with Crippen LogP contribution in [0.1, 0.15) is 6.42 Å². The van der Waals surface area contributed by atoms with Crippen molar-refractivity contribution in [2.75, 3.05) is 26.2 Å². The first-order valence-corrected chi connectivity index (χ1v) is 3.87. The van der Waals surface area contributed by atoms with Crippen LogP contribution in [0.4, 0.5) is 4.39 Å². The quantitative estimate of drug-likeness (QED) is 0.583. The van der Waals surface area contributed by atoms with Crippen LogP contribution >= 0.6 is 0 Å². The van der Waals surface area contributed by atoms with Gasteiger partial charge in [-0.05, 0) is 6.42 Å². The van der Waals surface area contributed by atoms with Crippen LogP contribution in [0.25, 0.3) is 0 Å². The third-order valence-electron chi connectivity index (χ3n) is 1.89. The third kappa shape index (κ3) is 2.73. The molecule has 2 atom stereocenters. The molecule has 0 amide bonds. The Kier molecular flexibility index (Phi) is 3.23. The molecule has 11 heavy (non-hydrogen) atoms. The molecule has 66 valence electrons. The van der Waals surface area contributed by atoms with Crippen molar-refractivity contribution < 1.29 is 14.6 Å². The van der Waals surface area contributed by atoms with E-state index in [1.54, 1.807) is 0 Å². The van der Waals surface area contributed by atoms with Crippen molar-refractivity contribution in [3.63, 3.8) is 0 Å². The molecular formula is C7H14FNO2. The molecule has 0 aromatic heterocycles. The SMILES string of the molecule is OC[C@@H](O)CN1CCC(F)C1. The van der Waals surface area contributed by atoms with Crippen LogP contribution in [0.3, 0.4) is 0 Å². The zero-order valence-electron chi connectivity index (χ0n) is 6.41.